The lowest BCUT2D eigenvalue weighted by Gasteiger charge is -2.12. The van der Waals surface area contributed by atoms with Crippen LogP contribution in [-0.2, 0) is 13.6 Å². The van der Waals surface area contributed by atoms with Crippen molar-refractivity contribution in [2.24, 2.45) is 7.05 Å². The fourth-order valence-corrected chi connectivity index (χ4v) is 1.19. The van der Waals surface area contributed by atoms with Crippen LogP contribution >= 0.6 is 0 Å². The van der Waals surface area contributed by atoms with Crippen LogP contribution in [0.1, 0.15) is 19.5 Å². The Hall–Kier alpha value is -0.940. The van der Waals surface area contributed by atoms with Crippen LogP contribution < -0.4 is 10.6 Å². The van der Waals surface area contributed by atoms with Crippen molar-refractivity contribution in [3.63, 3.8) is 0 Å². The molecule has 0 bridgehead atoms. The zero-order valence-electron chi connectivity index (χ0n) is 9.12. The average Bonchev–Trinajstić information content (AvgIpc) is 2.58. The number of nitrogens with one attached hydrogen (secondary N) is 2. The Morgan fingerprint density at radius 3 is 2.93 bits per heavy atom. The van der Waals surface area contributed by atoms with Crippen LogP contribution in [-0.4, -0.2) is 34.1 Å². The smallest absolute Gasteiger partial charge is 0.0964 e. The molecule has 0 saturated heterocycles. The second kappa shape index (κ2) is 5.72. The van der Waals surface area contributed by atoms with E-state index in [0.717, 1.165) is 25.3 Å². The largest absolute Gasteiger partial charge is 0.315 e. The predicted octanol–water partition coefficient (Wildman–Crippen LogP) is -0.0973. The SMILES string of the molecule is CCNCC(C)NCc1cn(C)nn1. The maximum Gasteiger partial charge on any atom is 0.0964 e. The molecule has 1 rings (SSSR count). The third-order valence-corrected chi connectivity index (χ3v) is 1.98. The van der Waals surface area contributed by atoms with Gasteiger partial charge in [0.1, 0.15) is 0 Å². The molecule has 0 saturated carbocycles. The summed E-state index contributed by atoms with van der Waals surface area (Å²) in [5, 5.41) is 14.5. The highest BCUT2D eigenvalue weighted by atomic mass is 15.4. The minimum absolute atomic E-state index is 0.456. The quantitative estimate of drug-likeness (QED) is 0.669. The van der Waals surface area contributed by atoms with E-state index in [2.05, 4.69) is 34.8 Å². The minimum atomic E-state index is 0.456. The van der Waals surface area contributed by atoms with Crippen molar-refractivity contribution >= 4 is 0 Å². The van der Waals surface area contributed by atoms with Gasteiger partial charge in [-0.05, 0) is 13.5 Å². The molecular formula is C9H19N5. The van der Waals surface area contributed by atoms with Gasteiger partial charge in [0.25, 0.3) is 0 Å². The summed E-state index contributed by atoms with van der Waals surface area (Å²) < 4.78 is 1.71. The Morgan fingerprint density at radius 2 is 2.36 bits per heavy atom. The summed E-state index contributed by atoms with van der Waals surface area (Å²) in [7, 11) is 1.87. The van der Waals surface area contributed by atoms with Gasteiger partial charge in [-0.2, -0.15) is 0 Å². The molecule has 0 amide bonds. The molecule has 1 aromatic heterocycles. The Labute approximate surface area is 84.9 Å². The summed E-state index contributed by atoms with van der Waals surface area (Å²) in [6.07, 6.45) is 1.92. The first kappa shape index (κ1) is 11.1. The van der Waals surface area contributed by atoms with Gasteiger partial charge >= 0.3 is 0 Å². The van der Waals surface area contributed by atoms with Crippen LogP contribution in [0.5, 0.6) is 0 Å². The highest BCUT2D eigenvalue weighted by molar-refractivity contribution is 4.91. The highest BCUT2D eigenvalue weighted by Gasteiger charge is 2.02. The highest BCUT2D eigenvalue weighted by Crippen LogP contribution is 1.91. The molecule has 1 heterocycles. The van der Waals surface area contributed by atoms with Crippen LogP contribution in [0.15, 0.2) is 6.20 Å². The number of hydrogen-bond acceptors (Lipinski definition) is 4. The molecule has 1 atom stereocenters. The van der Waals surface area contributed by atoms with E-state index in [-0.39, 0.29) is 0 Å². The molecule has 14 heavy (non-hydrogen) atoms. The molecule has 5 nitrogen and oxygen atoms in total. The number of rotatable bonds is 6. The maximum atomic E-state index is 4.00. The van der Waals surface area contributed by atoms with Gasteiger partial charge in [-0.15, -0.1) is 5.10 Å². The molecule has 80 valence electrons. The molecule has 0 aliphatic heterocycles. The first-order valence-corrected chi connectivity index (χ1v) is 5.01. The normalized spacial score (nSPS) is 13.1. The first-order valence-electron chi connectivity index (χ1n) is 5.01. The lowest BCUT2D eigenvalue weighted by molar-refractivity contribution is 0.505. The fraction of sp³-hybridized carbons (Fsp3) is 0.778. The summed E-state index contributed by atoms with van der Waals surface area (Å²) >= 11 is 0. The molecule has 0 radical (unpaired) electrons. The van der Waals surface area contributed by atoms with Gasteiger partial charge in [0.2, 0.25) is 0 Å². The molecular weight excluding hydrogens is 178 g/mol. The predicted molar refractivity (Wildman–Crippen MR) is 55.8 cm³/mol. The summed E-state index contributed by atoms with van der Waals surface area (Å²) in [5.41, 5.74) is 0.982. The summed E-state index contributed by atoms with van der Waals surface area (Å²) in [5.74, 6) is 0. The second-order valence-electron chi connectivity index (χ2n) is 3.47. The minimum Gasteiger partial charge on any atom is -0.315 e. The molecule has 0 fully saturated rings. The van der Waals surface area contributed by atoms with Gasteiger partial charge in [0, 0.05) is 32.4 Å². The lowest BCUT2D eigenvalue weighted by atomic mass is 10.3. The van der Waals surface area contributed by atoms with E-state index >= 15 is 0 Å². The fourth-order valence-electron chi connectivity index (χ4n) is 1.19. The zero-order valence-corrected chi connectivity index (χ0v) is 9.12. The zero-order chi connectivity index (χ0) is 10.4. The number of hydrogen-bond donors (Lipinski definition) is 2. The Morgan fingerprint density at radius 1 is 1.57 bits per heavy atom. The summed E-state index contributed by atoms with van der Waals surface area (Å²) in [4.78, 5) is 0. The van der Waals surface area contributed by atoms with Gasteiger partial charge < -0.3 is 10.6 Å². The Bertz CT molecular complexity index is 257. The van der Waals surface area contributed by atoms with Gasteiger partial charge in [0.15, 0.2) is 0 Å². The van der Waals surface area contributed by atoms with Gasteiger partial charge in [-0.3, -0.25) is 4.68 Å². The Balaban J connectivity index is 2.20. The van der Waals surface area contributed by atoms with Crippen LogP contribution in [0, 0.1) is 0 Å². The summed E-state index contributed by atoms with van der Waals surface area (Å²) in [6.45, 7) is 7.03. The molecule has 0 spiro atoms. The number of aryl methyl sites for hydroxylation is 1. The number of aromatic nitrogens is 3. The van der Waals surface area contributed by atoms with Crippen molar-refractivity contribution in [1.82, 2.24) is 25.6 Å². The van der Waals surface area contributed by atoms with E-state index < -0.39 is 0 Å². The van der Waals surface area contributed by atoms with Crippen LogP contribution in [0.25, 0.3) is 0 Å². The van der Waals surface area contributed by atoms with Gasteiger partial charge in [0.05, 0.1) is 5.69 Å². The van der Waals surface area contributed by atoms with Crippen molar-refractivity contribution in [2.45, 2.75) is 26.4 Å². The summed E-state index contributed by atoms with van der Waals surface area (Å²) in [6, 6.07) is 0.456. The number of nitrogens with zero attached hydrogens (tertiary/aromatic N) is 3. The van der Waals surface area contributed by atoms with Crippen molar-refractivity contribution in [3.8, 4) is 0 Å². The van der Waals surface area contributed by atoms with E-state index in [9.17, 15) is 0 Å². The van der Waals surface area contributed by atoms with E-state index in [1.54, 1.807) is 4.68 Å². The second-order valence-corrected chi connectivity index (χ2v) is 3.47. The van der Waals surface area contributed by atoms with Gasteiger partial charge in [-0.25, -0.2) is 0 Å². The van der Waals surface area contributed by atoms with E-state index in [1.165, 1.54) is 0 Å². The average molecular weight is 197 g/mol. The molecule has 0 aromatic carbocycles. The van der Waals surface area contributed by atoms with Crippen LogP contribution in [0.4, 0.5) is 0 Å². The first-order chi connectivity index (χ1) is 6.72. The van der Waals surface area contributed by atoms with Crippen LogP contribution in [0.2, 0.25) is 0 Å². The molecule has 5 heteroatoms. The van der Waals surface area contributed by atoms with E-state index in [4.69, 9.17) is 0 Å². The topological polar surface area (TPSA) is 54.8 Å². The van der Waals surface area contributed by atoms with Crippen molar-refractivity contribution in [2.75, 3.05) is 13.1 Å². The van der Waals surface area contributed by atoms with Crippen LogP contribution in [0.3, 0.4) is 0 Å². The van der Waals surface area contributed by atoms with Crippen molar-refractivity contribution < 1.29 is 0 Å². The van der Waals surface area contributed by atoms with E-state index in [1.807, 2.05) is 13.2 Å². The van der Waals surface area contributed by atoms with Crippen molar-refractivity contribution in [3.05, 3.63) is 11.9 Å². The maximum absolute atomic E-state index is 4.00. The van der Waals surface area contributed by atoms with E-state index in [0.29, 0.717) is 6.04 Å². The molecule has 2 N–H and O–H groups in total. The van der Waals surface area contributed by atoms with Crippen molar-refractivity contribution in [1.29, 1.82) is 0 Å². The monoisotopic (exact) mass is 197 g/mol. The third kappa shape index (κ3) is 3.85. The number of likely N-dealkylation sites (N-methyl/N-ethyl adjacent to an activating group) is 1. The third-order valence-electron chi connectivity index (χ3n) is 1.98. The molecule has 1 unspecified atom stereocenters. The molecule has 1 aromatic rings. The van der Waals surface area contributed by atoms with Gasteiger partial charge in [-0.1, -0.05) is 12.1 Å². The molecule has 0 aliphatic carbocycles. The Kier molecular flexibility index (Phi) is 4.55. The lowest BCUT2D eigenvalue weighted by Crippen LogP contribution is -2.35. The standard InChI is InChI=1S/C9H19N5/c1-4-10-5-8(2)11-6-9-7-14(3)13-12-9/h7-8,10-11H,4-6H2,1-3H3. The molecule has 0 aliphatic rings.